The predicted octanol–water partition coefficient (Wildman–Crippen LogP) is 2.24. The molecule has 1 saturated heterocycles. The van der Waals surface area contributed by atoms with Crippen LogP contribution >= 0.6 is 0 Å². The minimum Gasteiger partial charge on any atom is -0.387 e. The summed E-state index contributed by atoms with van der Waals surface area (Å²) in [4.78, 5) is 9.39. The molecule has 0 atom stereocenters. The summed E-state index contributed by atoms with van der Waals surface area (Å²) < 4.78 is 5.16. The molecule has 1 fully saturated rings. The third kappa shape index (κ3) is 4.66. The molecule has 0 aliphatic carbocycles. The van der Waals surface area contributed by atoms with Crippen LogP contribution in [0.5, 0.6) is 0 Å². The summed E-state index contributed by atoms with van der Waals surface area (Å²) in [6.45, 7) is 7.26. The van der Waals surface area contributed by atoms with E-state index >= 15 is 0 Å². The van der Waals surface area contributed by atoms with Crippen molar-refractivity contribution in [3.05, 3.63) is 23.5 Å². The summed E-state index contributed by atoms with van der Waals surface area (Å²) in [5.74, 6) is 0.429. The molecule has 0 aromatic carbocycles. The zero-order valence-corrected chi connectivity index (χ0v) is 15.2. The van der Waals surface area contributed by atoms with Crippen LogP contribution in [0.1, 0.15) is 44.0 Å². The number of nitrogens with zero attached hydrogens (tertiary/aromatic N) is 3. The number of hydrogen-bond acceptors (Lipinski definition) is 5. The molecule has 0 radical (unpaired) electrons. The first-order chi connectivity index (χ1) is 10.8. The van der Waals surface area contributed by atoms with Crippen LogP contribution in [-0.4, -0.2) is 61.5 Å². The van der Waals surface area contributed by atoms with Gasteiger partial charge >= 0.3 is 0 Å². The van der Waals surface area contributed by atoms with Gasteiger partial charge in [0, 0.05) is 32.4 Å². The molecule has 1 aromatic heterocycles. The van der Waals surface area contributed by atoms with Gasteiger partial charge in [0.05, 0.1) is 23.6 Å². The van der Waals surface area contributed by atoms with Crippen molar-refractivity contribution in [3.8, 4) is 0 Å². The van der Waals surface area contributed by atoms with Crippen molar-refractivity contribution in [2.45, 2.75) is 44.8 Å². The van der Waals surface area contributed by atoms with Gasteiger partial charge in [0.25, 0.3) is 0 Å². The number of piperidine rings is 1. The van der Waals surface area contributed by atoms with Crippen LogP contribution < -0.4 is 4.90 Å². The van der Waals surface area contributed by atoms with E-state index in [2.05, 4.69) is 49.9 Å². The molecule has 0 amide bonds. The Kier molecular flexibility index (Phi) is 6.00. The third-order valence-electron chi connectivity index (χ3n) is 4.48. The highest BCUT2D eigenvalue weighted by Crippen LogP contribution is 2.29. The predicted molar refractivity (Wildman–Crippen MR) is 94.0 cm³/mol. The Labute approximate surface area is 140 Å². The normalized spacial score (nSPS) is 18.0. The highest BCUT2D eigenvalue weighted by molar-refractivity contribution is 5.52. The number of hydrogen-bond donors (Lipinski definition) is 1. The summed E-state index contributed by atoms with van der Waals surface area (Å²) in [5, 5.41) is 10.5. The van der Waals surface area contributed by atoms with E-state index in [9.17, 15) is 5.11 Å². The molecule has 1 N–H and O–H groups in total. The number of rotatable bonds is 6. The first-order valence-electron chi connectivity index (χ1n) is 8.45. The van der Waals surface area contributed by atoms with E-state index in [0.29, 0.717) is 12.5 Å². The number of aromatic nitrogens is 1. The minimum atomic E-state index is -0.682. The van der Waals surface area contributed by atoms with Crippen LogP contribution in [0.25, 0.3) is 0 Å². The molecule has 0 unspecified atom stereocenters. The second kappa shape index (κ2) is 7.60. The van der Waals surface area contributed by atoms with Crippen molar-refractivity contribution in [2.75, 3.05) is 45.8 Å². The lowest BCUT2D eigenvalue weighted by Crippen LogP contribution is -2.47. The molecule has 1 aliphatic heterocycles. The Balaban J connectivity index is 2.19. The molecule has 5 nitrogen and oxygen atoms in total. The van der Waals surface area contributed by atoms with Gasteiger partial charge in [-0.15, -0.1) is 0 Å². The molecular weight excluding hydrogens is 290 g/mol. The second-order valence-corrected chi connectivity index (χ2v) is 7.24. The fourth-order valence-electron chi connectivity index (χ4n) is 3.11. The van der Waals surface area contributed by atoms with Crippen LogP contribution in [0.3, 0.4) is 0 Å². The smallest absolute Gasteiger partial charge is 0.0913 e. The molecule has 23 heavy (non-hydrogen) atoms. The molecule has 0 bridgehead atoms. The number of methoxy groups -OCH3 is 1. The summed E-state index contributed by atoms with van der Waals surface area (Å²) in [6, 6.07) is 4.33. The van der Waals surface area contributed by atoms with Crippen LogP contribution in [0, 0.1) is 0 Å². The maximum absolute atomic E-state index is 10.5. The van der Waals surface area contributed by atoms with Gasteiger partial charge in [0.2, 0.25) is 0 Å². The quantitative estimate of drug-likeness (QED) is 0.871. The van der Waals surface area contributed by atoms with Crippen LogP contribution in [0.15, 0.2) is 12.1 Å². The van der Waals surface area contributed by atoms with Crippen molar-refractivity contribution in [3.63, 3.8) is 0 Å². The van der Waals surface area contributed by atoms with Crippen molar-refractivity contribution in [1.82, 2.24) is 9.88 Å². The summed E-state index contributed by atoms with van der Waals surface area (Å²) in [5.41, 5.74) is 2.78. The molecule has 2 heterocycles. The molecule has 0 saturated carbocycles. The van der Waals surface area contributed by atoms with Crippen LogP contribution in [-0.2, 0) is 11.3 Å². The van der Waals surface area contributed by atoms with Crippen LogP contribution in [0.2, 0.25) is 0 Å². The minimum absolute atomic E-state index is 0.413. The van der Waals surface area contributed by atoms with Crippen molar-refractivity contribution in [2.24, 2.45) is 0 Å². The molecule has 5 heteroatoms. The standard InChI is InChI=1S/C18H31N3O2/c1-14(2)15-6-7-17(16(19-15)12-20(3)4)21-10-8-18(22,9-11-21)13-23-5/h6-7,14,22H,8-13H2,1-5H3. The zero-order valence-electron chi connectivity index (χ0n) is 15.2. The van der Waals surface area contributed by atoms with E-state index in [4.69, 9.17) is 9.72 Å². The van der Waals surface area contributed by atoms with E-state index in [0.717, 1.165) is 43.9 Å². The topological polar surface area (TPSA) is 48.8 Å². The Bertz CT molecular complexity index is 509. The zero-order chi connectivity index (χ0) is 17.0. The molecule has 0 spiro atoms. The molecule has 130 valence electrons. The Morgan fingerprint density at radius 3 is 2.48 bits per heavy atom. The number of aliphatic hydroxyl groups is 1. The fraction of sp³-hybridized carbons (Fsp3) is 0.722. The van der Waals surface area contributed by atoms with E-state index in [1.54, 1.807) is 7.11 Å². The fourth-order valence-corrected chi connectivity index (χ4v) is 3.11. The Morgan fingerprint density at radius 2 is 1.96 bits per heavy atom. The average molecular weight is 321 g/mol. The number of ether oxygens (including phenoxy) is 1. The molecule has 1 aliphatic rings. The largest absolute Gasteiger partial charge is 0.387 e. The molecule has 1 aromatic rings. The highest BCUT2D eigenvalue weighted by Gasteiger charge is 2.33. The van der Waals surface area contributed by atoms with E-state index in [1.807, 2.05) is 0 Å². The summed E-state index contributed by atoms with van der Waals surface area (Å²) in [7, 11) is 5.79. The second-order valence-electron chi connectivity index (χ2n) is 7.24. The van der Waals surface area contributed by atoms with Crippen LogP contribution in [0.4, 0.5) is 5.69 Å². The third-order valence-corrected chi connectivity index (χ3v) is 4.48. The van der Waals surface area contributed by atoms with Gasteiger partial charge in [-0.05, 0) is 45.0 Å². The van der Waals surface area contributed by atoms with Crippen molar-refractivity contribution < 1.29 is 9.84 Å². The van der Waals surface area contributed by atoms with Gasteiger partial charge in [-0.25, -0.2) is 0 Å². The first-order valence-corrected chi connectivity index (χ1v) is 8.45. The Morgan fingerprint density at radius 1 is 1.30 bits per heavy atom. The van der Waals surface area contributed by atoms with Crippen molar-refractivity contribution >= 4 is 5.69 Å². The monoisotopic (exact) mass is 321 g/mol. The van der Waals surface area contributed by atoms with E-state index < -0.39 is 5.60 Å². The summed E-state index contributed by atoms with van der Waals surface area (Å²) in [6.07, 6.45) is 1.46. The maximum Gasteiger partial charge on any atom is 0.0913 e. The highest BCUT2D eigenvalue weighted by atomic mass is 16.5. The van der Waals surface area contributed by atoms with Gasteiger partial charge in [-0.2, -0.15) is 0 Å². The lowest BCUT2D eigenvalue weighted by atomic mass is 9.92. The van der Waals surface area contributed by atoms with Gasteiger partial charge in [0.15, 0.2) is 0 Å². The van der Waals surface area contributed by atoms with Gasteiger partial charge in [-0.1, -0.05) is 13.8 Å². The average Bonchev–Trinajstić information content (AvgIpc) is 2.47. The first kappa shape index (κ1) is 18.2. The van der Waals surface area contributed by atoms with Crippen molar-refractivity contribution in [1.29, 1.82) is 0 Å². The maximum atomic E-state index is 10.5. The molecular formula is C18H31N3O2. The lowest BCUT2D eigenvalue weighted by molar-refractivity contribution is -0.0472. The number of pyridine rings is 1. The SMILES string of the molecule is COCC1(O)CCN(c2ccc(C(C)C)nc2CN(C)C)CC1. The summed E-state index contributed by atoms with van der Waals surface area (Å²) >= 11 is 0. The van der Waals surface area contributed by atoms with Gasteiger partial charge in [0.1, 0.15) is 0 Å². The number of anilines is 1. The van der Waals surface area contributed by atoms with Gasteiger partial charge in [-0.3, -0.25) is 4.98 Å². The Hall–Kier alpha value is -1.17. The van der Waals surface area contributed by atoms with Gasteiger partial charge < -0.3 is 19.6 Å². The van der Waals surface area contributed by atoms with E-state index in [1.165, 1.54) is 5.69 Å². The van der Waals surface area contributed by atoms with E-state index in [-0.39, 0.29) is 0 Å². The molecule has 2 rings (SSSR count). The lowest BCUT2D eigenvalue weighted by Gasteiger charge is -2.39.